The normalized spacial score (nSPS) is 12.9. The molecule has 0 saturated heterocycles. The Bertz CT molecular complexity index is 688. The van der Waals surface area contributed by atoms with Gasteiger partial charge in [-0.05, 0) is 24.3 Å². The molecule has 6 nitrogen and oxygen atoms in total. The first-order chi connectivity index (χ1) is 11.1. The van der Waals surface area contributed by atoms with Crippen molar-refractivity contribution in [2.45, 2.75) is 13.0 Å². The minimum absolute atomic E-state index is 0. The summed E-state index contributed by atoms with van der Waals surface area (Å²) in [6, 6.07) is 7.16. The fourth-order valence-corrected chi connectivity index (χ4v) is 2.64. The molecule has 1 aromatic carbocycles. The lowest BCUT2D eigenvalue weighted by molar-refractivity contribution is 0.0766. The van der Waals surface area contributed by atoms with E-state index in [1.807, 2.05) is 0 Å². The molecule has 3 rings (SSSR count). The molecule has 0 unspecified atom stereocenters. The minimum atomic E-state index is -0.0918. The van der Waals surface area contributed by atoms with Crippen molar-refractivity contribution in [1.82, 2.24) is 20.4 Å². The molecular formula is C16H20Cl2N4O2. The van der Waals surface area contributed by atoms with E-state index in [9.17, 15) is 4.79 Å². The van der Waals surface area contributed by atoms with Crippen LogP contribution < -0.4 is 10.1 Å². The summed E-state index contributed by atoms with van der Waals surface area (Å²) < 4.78 is 5.62. The Morgan fingerprint density at radius 3 is 2.88 bits per heavy atom. The van der Waals surface area contributed by atoms with E-state index >= 15 is 0 Å². The van der Waals surface area contributed by atoms with Crippen LogP contribution in [-0.2, 0) is 13.0 Å². The van der Waals surface area contributed by atoms with Crippen LogP contribution in [0.5, 0.6) is 5.75 Å². The third-order valence-electron chi connectivity index (χ3n) is 3.86. The van der Waals surface area contributed by atoms with Gasteiger partial charge in [0.25, 0.3) is 5.91 Å². The molecule has 2 heterocycles. The monoisotopic (exact) mass is 370 g/mol. The van der Waals surface area contributed by atoms with Crippen LogP contribution in [0.15, 0.2) is 24.3 Å². The zero-order valence-electron chi connectivity index (χ0n) is 13.3. The molecule has 1 amide bonds. The number of fused-ring (bicyclic) bond motifs is 1. The molecule has 2 N–H and O–H groups in total. The van der Waals surface area contributed by atoms with Crippen LogP contribution >= 0.6 is 24.0 Å². The van der Waals surface area contributed by atoms with E-state index in [-0.39, 0.29) is 18.3 Å². The van der Waals surface area contributed by atoms with Crippen LogP contribution in [0.3, 0.4) is 0 Å². The van der Waals surface area contributed by atoms with Crippen molar-refractivity contribution in [1.29, 1.82) is 0 Å². The highest BCUT2D eigenvalue weighted by Crippen LogP contribution is 2.17. The van der Waals surface area contributed by atoms with Gasteiger partial charge in [0.15, 0.2) is 5.69 Å². The topological polar surface area (TPSA) is 70.2 Å². The highest BCUT2D eigenvalue weighted by Gasteiger charge is 2.23. The van der Waals surface area contributed by atoms with E-state index in [4.69, 9.17) is 16.3 Å². The van der Waals surface area contributed by atoms with Crippen molar-refractivity contribution < 1.29 is 9.53 Å². The van der Waals surface area contributed by atoms with E-state index in [0.29, 0.717) is 30.4 Å². The second-order valence-electron chi connectivity index (χ2n) is 5.49. The van der Waals surface area contributed by atoms with Crippen molar-refractivity contribution in [3.63, 3.8) is 0 Å². The smallest absolute Gasteiger partial charge is 0.274 e. The maximum Gasteiger partial charge on any atom is 0.274 e. The van der Waals surface area contributed by atoms with Gasteiger partial charge in [0.05, 0.1) is 6.54 Å². The summed E-state index contributed by atoms with van der Waals surface area (Å²) in [6.45, 7) is 2.49. The van der Waals surface area contributed by atoms with Gasteiger partial charge in [0.2, 0.25) is 0 Å². The SMILES string of the molecule is CN(CCOc1ccc(Cl)cc1)C(=O)c1n[nH]c2c1CNCC2.Cl. The number of carbonyl (C=O) groups excluding carboxylic acids is 1. The third kappa shape index (κ3) is 4.20. The van der Waals surface area contributed by atoms with Crippen LogP contribution in [0.25, 0.3) is 0 Å². The number of nitrogens with one attached hydrogen (secondary N) is 2. The Morgan fingerprint density at radius 2 is 2.12 bits per heavy atom. The molecule has 1 aromatic heterocycles. The maximum atomic E-state index is 12.5. The van der Waals surface area contributed by atoms with Crippen LogP contribution in [0, 0.1) is 0 Å². The first-order valence-electron chi connectivity index (χ1n) is 7.56. The summed E-state index contributed by atoms with van der Waals surface area (Å²) in [7, 11) is 1.75. The number of aromatic amines is 1. The number of rotatable bonds is 5. The molecule has 1 aliphatic heterocycles. The van der Waals surface area contributed by atoms with Gasteiger partial charge in [-0.3, -0.25) is 9.89 Å². The van der Waals surface area contributed by atoms with Gasteiger partial charge in [-0.2, -0.15) is 5.10 Å². The summed E-state index contributed by atoms with van der Waals surface area (Å²) >= 11 is 5.83. The first kappa shape index (κ1) is 18.6. The van der Waals surface area contributed by atoms with Gasteiger partial charge in [-0.15, -0.1) is 12.4 Å². The molecule has 0 radical (unpaired) electrons. The molecular weight excluding hydrogens is 351 g/mol. The largest absolute Gasteiger partial charge is 0.492 e. The van der Waals surface area contributed by atoms with Gasteiger partial charge >= 0.3 is 0 Å². The molecule has 130 valence electrons. The van der Waals surface area contributed by atoms with Crippen molar-refractivity contribution >= 4 is 29.9 Å². The lowest BCUT2D eigenvalue weighted by atomic mass is 10.1. The Kier molecular flexibility index (Phi) is 6.48. The van der Waals surface area contributed by atoms with Gasteiger partial charge < -0.3 is 15.0 Å². The number of hydrogen-bond acceptors (Lipinski definition) is 4. The van der Waals surface area contributed by atoms with E-state index < -0.39 is 0 Å². The lowest BCUT2D eigenvalue weighted by Crippen LogP contribution is -2.33. The lowest BCUT2D eigenvalue weighted by Gasteiger charge is -2.18. The molecule has 0 aliphatic carbocycles. The summed E-state index contributed by atoms with van der Waals surface area (Å²) in [5.74, 6) is 0.641. The van der Waals surface area contributed by atoms with E-state index in [1.54, 1.807) is 36.2 Å². The minimum Gasteiger partial charge on any atom is -0.492 e. The Balaban J connectivity index is 0.00000208. The second kappa shape index (κ2) is 8.37. The zero-order valence-corrected chi connectivity index (χ0v) is 14.9. The number of carbonyl (C=O) groups is 1. The molecule has 2 aromatic rings. The molecule has 0 atom stereocenters. The number of likely N-dealkylation sites (N-methyl/N-ethyl adjacent to an activating group) is 1. The first-order valence-corrected chi connectivity index (χ1v) is 7.93. The zero-order chi connectivity index (χ0) is 16.2. The number of halogens is 2. The predicted octanol–water partition coefficient (Wildman–Crippen LogP) is 2.28. The quantitative estimate of drug-likeness (QED) is 0.846. The molecule has 8 heteroatoms. The predicted molar refractivity (Wildman–Crippen MR) is 95.2 cm³/mol. The maximum absolute atomic E-state index is 12.5. The number of hydrogen-bond donors (Lipinski definition) is 2. The molecule has 0 saturated carbocycles. The third-order valence-corrected chi connectivity index (χ3v) is 4.12. The van der Waals surface area contributed by atoms with Crippen LogP contribution in [0.4, 0.5) is 0 Å². The second-order valence-corrected chi connectivity index (χ2v) is 5.92. The van der Waals surface area contributed by atoms with Gasteiger partial charge in [-0.1, -0.05) is 11.6 Å². The van der Waals surface area contributed by atoms with Gasteiger partial charge in [-0.25, -0.2) is 0 Å². The molecule has 0 spiro atoms. The van der Waals surface area contributed by atoms with Crippen LogP contribution in [0.1, 0.15) is 21.7 Å². The van der Waals surface area contributed by atoms with Crippen LogP contribution in [0.2, 0.25) is 5.02 Å². The van der Waals surface area contributed by atoms with Crippen molar-refractivity contribution in [2.24, 2.45) is 0 Å². The van der Waals surface area contributed by atoms with Gasteiger partial charge in [0.1, 0.15) is 12.4 Å². The van der Waals surface area contributed by atoms with E-state index in [2.05, 4.69) is 15.5 Å². The summed E-state index contributed by atoms with van der Waals surface area (Å²) in [5.41, 5.74) is 2.53. The number of benzene rings is 1. The fourth-order valence-electron chi connectivity index (χ4n) is 2.52. The van der Waals surface area contributed by atoms with Crippen LogP contribution in [-0.4, -0.2) is 47.7 Å². The molecule has 24 heavy (non-hydrogen) atoms. The number of H-pyrrole nitrogens is 1. The highest BCUT2D eigenvalue weighted by molar-refractivity contribution is 6.30. The Hall–Kier alpha value is -1.76. The standard InChI is InChI=1S/C16H19ClN4O2.ClH/c1-21(8-9-23-12-4-2-11(17)3-5-12)16(22)15-13-10-18-7-6-14(13)19-20-15;/h2-5,18H,6-10H2,1H3,(H,19,20);1H. The van der Waals surface area contributed by atoms with Crippen molar-refractivity contribution in [2.75, 3.05) is 26.7 Å². The average Bonchev–Trinajstić information content (AvgIpc) is 3.00. The molecule has 0 bridgehead atoms. The summed E-state index contributed by atoms with van der Waals surface area (Å²) in [4.78, 5) is 14.1. The van der Waals surface area contributed by atoms with Crippen molar-refractivity contribution in [3.05, 3.63) is 46.2 Å². The number of nitrogens with zero attached hydrogens (tertiary/aromatic N) is 2. The number of aromatic nitrogens is 2. The van der Waals surface area contributed by atoms with E-state index in [0.717, 1.165) is 30.0 Å². The molecule has 0 fully saturated rings. The average molecular weight is 371 g/mol. The Morgan fingerprint density at radius 1 is 1.38 bits per heavy atom. The molecule has 1 aliphatic rings. The van der Waals surface area contributed by atoms with E-state index in [1.165, 1.54) is 0 Å². The highest BCUT2D eigenvalue weighted by atomic mass is 35.5. The van der Waals surface area contributed by atoms with Gasteiger partial charge in [0, 0.05) is 42.8 Å². The number of ether oxygens (including phenoxy) is 1. The Labute approximate surface area is 151 Å². The summed E-state index contributed by atoms with van der Waals surface area (Å²) in [5, 5.41) is 11.1. The number of amides is 1. The van der Waals surface area contributed by atoms with Crippen molar-refractivity contribution in [3.8, 4) is 5.75 Å². The fraction of sp³-hybridized carbons (Fsp3) is 0.375. The summed E-state index contributed by atoms with van der Waals surface area (Å²) in [6.07, 6.45) is 0.874.